The molecule has 0 bridgehead atoms. The third-order valence-electron chi connectivity index (χ3n) is 2.63. The van der Waals surface area contributed by atoms with E-state index in [2.05, 4.69) is 6.58 Å². The van der Waals surface area contributed by atoms with E-state index in [1.54, 1.807) is 36.4 Å². The molecular formula is C16H12O2. The molecule has 0 aliphatic rings. The van der Waals surface area contributed by atoms with Crippen LogP contribution in [0.2, 0.25) is 0 Å². The lowest BCUT2D eigenvalue weighted by atomic mass is 10.00. The fourth-order valence-corrected chi connectivity index (χ4v) is 1.69. The Bertz CT molecular complexity index is 598. The highest BCUT2D eigenvalue weighted by molar-refractivity contribution is 6.11. The van der Waals surface area contributed by atoms with Gasteiger partial charge in [0.05, 0.1) is 0 Å². The number of rotatable bonds is 4. The number of allylic oxidation sites excluding steroid dienone is 1. The third-order valence-corrected chi connectivity index (χ3v) is 2.63. The highest BCUT2D eigenvalue weighted by atomic mass is 16.1. The highest BCUT2D eigenvalue weighted by Gasteiger charge is 2.10. The molecule has 2 heteroatoms. The second-order valence-electron chi connectivity index (χ2n) is 3.84. The minimum absolute atomic E-state index is 0.0886. The normalized spacial score (nSPS) is 9.78. The fraction of sp³-hybridized carbons (Fsp3) is 0. The van der Waals surface area contributed by atoms with E-state index in [9.17, 15) is 9.59 Å². The molecule has 0 fully saturated rings. The summed E-state index contributed by atoms with van der Waals surface area (Å²) in [4.78, 5) is 23.7. The number of hydrogen-bond donors (Lipinski definition) is 0. The minimum Gasteiger partial charge on any atom is -0.289 e. The van der Waals surface area contributed by atoms with Gasteiger partial charge in [-0.05, 0) is 12.1 Å². The summed E-state index contributed by atoms with van der Waals surface area (Å²) in [5, 5.41) is 0. The van der Waals surface area contributed by atoms with Crippen molar-refractivity contribution >= 4 is 11.6 Å². The molecule has 0 radical (unpaired) electrons. The molecule has 0 aliphatic carbocycles. The first-order chi connectivity index (χ1) is 8.72. The maximum absolute atomic E-state index is 12.2. The van der Waals surface area contributed by atoms with Gasteiger partial charge in [0.2, 0.25) is 0 Å². The van der Waals surface area contributed by atoms with Crippen LogP contribution in [-0.2, 0) is 0 Å². The van der Waals surface area contributed by atoms with Crippen LogP contribution in [0.5, 0.6) is 0 Å². The fourth-order valence-electron chi connectivity index (χ4n) is 1.69. The van der Waals surface area contributed by atoms with Crippen molar-refractivity contribution in [2.24, 2.45) is 0 Å². The molecule has 0 saturated carbocycles. The highest BCUT2D eigenvalue weighted by Crippen LogP contribution is 2.12. The van der Waals surface area contributed by atoms with Gasteiger partial charge in [0, 0.05) is 16.7 Å². The molecule has 0 amide bonds. The van der Waals surface area contributed by atoms with E-state index in [-0.39, 0.29) is 11.6 Å². The Morgan fingerprint density at radius 3 is 2.11 bits per heavy atom. The largest absolute Gasteiger partial charge is 0.289 e. The summed E-state index contributed by atoms with van der Waals surface area (Å²) >= 11 is 0. The molecule has 2 nitrogen and oxygen atoms in total. The van der Waals surface area contributed by atoms with Crippen molar-refractivity contribution in [1.82, 2.24) is 0 Å². The summed E-state index contributed by atoms with van der Waals surface area (Å²) in [7, 11) is 0. The smallest absolute Gasteiger partial charge is 0.193 e. The van der Waals surface area contributed by atoms with Gasteiger partial charge in [0.15, 0.2) is 11.6 Å². The van der Waals surface area contributed by atoms with Crippen molar-refractivity contribution in [2.45, 2.75) is 0 Å². The van der Waals surface area contributed by atoms with Gasteiger partial charge in [-0.3, -0.25) is 9.59 Å². The lowest BCUT2D eigenvalue weighted by Crippen LogP contribution is -2.03. The zero-order chi connectivity index (χ0) is 13.0. The van der Waals surface area contributed by atoms with Crippen LogP contribution in [0.3, 0.4) is 0 Å². The predicted molar refractivity (Wildman–Crippen MR) is 70.8 cm³/mol. The van der Waals surface area contributed by atoms with Crippen LogP contribution in [0, 0.1) is 0 Å². The molecule has 0 spiro atoms. The zero-order valence-electron chi connectivity index (χ0n) is 9.80. The topological polar surface area (TPSA) is 34.1 Å². The Kier molecular flexibility index (Phi) is 3.49. The number of carbonyl (C=O) groups excluding carboxylic acids is 2. The third kappa shape index (κ3) is 2.43. The summed E-state index contributed by atoms with van der Waals surface area (Å²) in [5.74, 6) is -0.271. The van der Waals surface area contributed by atoms with Crippen LogP contribution in [0.25, 0.3) is 0 Å². The number of carbonyl (C=O) groups is 2. The quantitative estimate of drug-likeness (QED) is 0.603. The maximum atomic E-state index is 12.2. The van der Waals surface area contributed by atoms with E-state index in [1.807, 2.05) is 18.2 Å². The molecule has 0 aliphatic heterocycles. The van der Waals surface area contributed by atoms with E-state index in [0.717, 1.165) is 0 Å². The monoisotopic (exact) mass is 236 g/mol. The summed E-state index contributed by atoms with van der Waals surface area (Å²) in [6.45, 7) is 3.44. The minimum atomic E-state index is -0.183. The van der Waals surface area contributed by atoms with Crippen molar-refractivity contribution < 1.29 is 9.59 Å². The summed E-state index contributed by atoms with van der Waals surface area (Å²) in [5.41, 5.74) is 1.60. The molecule has 2 aromatic carbocycles. The molecule has 2 rings (SSSR count). The van der Waals surface area contributed by atoms with Crippen LogP contribution in [0.4, 0.5) is 0 Å². The Labute approximate surface area is 106 Å². The van der Waals surface area contributed by atoms with Crippen LogP contribution >= 0.6 is 0 Å². The second kappa shape index (κ2) is 5.23. The molecule has 0 atom stereocenters. The van der Waals surface area contributed by atoms with Crippen molar-refractivity contribution in [3.63, 3.8) is 0 Å². The maximum Gasteiger partial charge on any atom is 0.193 e. The van der Waals surface area contributed by atoms with E-state index >= 15 is 0 Å². The Morgan fingerprint density at radius 2 is 1.44 bits per heavy atom. The average molecular weight is 236 g/mol. The standard InChI is InChI=1S/C16H12O2/c1-2-15(17)13-9-6-10-14(11-13)16(18)12-7-4-3-5-8-12/h2-11H,1H2. The summed E-state index contributed by atoms with van der Waals surface area (Å²) in [6, 6.07) is 15.7. The van der Waals surface area contributed by atoms with Crippen molar-refractivity contribution in [3.8, 4) is 0 Å². The first-order valence-corrected chi connectivity index (χ1v) is 5.59. The van der Waals surface area contributed by atoms with Crippen LogP contribution in [0.1, 0.15) is 26.3 Å². The summed E-state index contributed by atoms with van der Waals surface area (Å²) < 4.78 is 0. The Morgan fingerprint density at radius 1 is 0.833 bits per heavy atom. The zero-order valence-corrected chi connectivity index (χ0v) is 9.80. The molecule has 2 aromatic rings. The van der Waals surface area contributed by atoms with Gasteiger partial charge in [-0.1, -0.05) is 55.1 Å². The lowest BCUT2D eigenvalue weighted by Gasteiger charge is -2.02. The van der Waals surface area contributed by atoms with Crippen molar-refractivity contribution in [2.75, 3.05) is 0 Å². The summed E-state index contributed by atoms with van der Waals surface area (Å²) in [6.07, 6.45) is 1.24. The Hall–Kier alpha value is -2.48. The molecule has 0 saturated heterocycles. The molecule has 0 heterocycles. The van der Waals surface area contributed by atoms with Gasteiger partial charge in [0.25, 0.3) is 0 Å². The van der Waals surface area contributed by atoms with E-state index < -0.39 is 0 Å². The van der Waals surface area contributed by atoms with Gasteiger partial charge in [0.1, 0.15) is 0 Å². The van der Waals surface area contributed by atoms with Gasteiger partial charge < -0.3 is 0 Å². The van der Waals surface area contributed by atoms with Crippen molar-refractivity contribution in [1.29, 1.82) is 0 Å². The van der Waals surface area contributed by atoms with Crippen LogP contribution in [0.15, 0.2) is 67.3 Å². The number of hydrogen-bond acceptors (Lipinski definition) is 2. The second-order valence-corrected chi connectivity index (χ2v) is 3.84. The molecule has 18 heavy (non-hydrogen) atoms. The van der Waals surface area contributed by atoms with Gasteiger partial charge in [-0.15, -0.1) is 0 Å². The average Bonchev–Trinajstić information content (AvgIpc) is 2.46. The molecular weight excluding hydrogens is 224 g/mol. The molecule has 88 valence electrons. The number of benzene rings is 2. The lowest BCUT2D eigenvalue weighted by molar-refractivity contribution is 0.103. The molecule has 0 N–H and O–H groups in total. The van der Waals surface area contributed by atoms with Gasteiger partial charge in [-0.2, -0.15) is 0 Å². The molecule has 0 aromatic heterocycles. The van der Waals surface area contributed by atoms with Crippen LogP contribution < -0.4 is 0 Å². The first-order valence-electron chi connectivity index (χ1n) is 5.59. The predicted octanol–water partition coefficient (Wildman–Crippen LogP) is 3.29. The van der Waals surface area contributed by atoms with E-state index in [1.165, 1.54) is 6.08 Å². The van der Waals surface area contributed by atoms with Gasteiger partial charge >= 0.3 is 0 Å². The SMILES string of the molecule is C=CC(=O)c1cccc(C(=O)c2ccccc2)c1. The van der Waals surface area contributed by atoms with Crippen LogP contribution in [-0.4, -0.2) is 11.6 Å². The first kappa shape index (κ1) is 12.0. The van der Waals surface area contributed by atoms with E-state index in [0.29, 0.717) is 16.7 Å². The van der Waals surface area contributed by atoms with E-state index in [4.69, 9.17) is 0 Å². The Balaban J connectivity index is 2.37. The van der Waals surface area contributed by atoms with Crippen molar-refractivity contribution in [3.05, 3.63) is 83.9 Å². The molecule has 0 unspecified atom stereocenters. The number of ketones is 2. The van der Waals surface area contributed by atoms with Gasteiger partial charge in [-0.25, -0.2) is 0 Å².